The first kappa shape index (κ1) is 21.5. The van der Waals surface area contributed by atoms with Crippen LogP contribution in [-0.2, 0) is 11.3 Å². The molecule has 0 unspecified atom stereocenters. The maximum absolute atomic E-state index is 12.5. The molecular weight excluding hydrogens is 376 g/mol. The minimum atomic E-state index is -0.0883. The predicted molar refractivity (Wildman–Crippen MR) is 121 cm³/mol. The summed E-state index contributed by atoms with van der Waals surface area (Å²) < 4.78 is 5.23. The third kappa shape index (κ3) is 5.43. The van der Waals surface area contributed by atoms with Crippen LogP contribution in [0.5, 0.6) is 0 Å². The summed E-state index contributed by atoms with van der Waals surface area (Å²) in [5.74, 6) is 0.375. The zero-order valence-corrected chi connectivity index (χ0v) is 17.7. The van der Waals surface area contributed by atoms with E-state index in [1.807, 2.05) is 67.5 Å². The van der Waals surface area contributed by atoms with Crippen LogP contribution in [0.25, 0.3) is 22.3 Å². The van der Waals surface area contributed by atoms with Crippen molar-refractivity contribution in [3.05, 3.63) is 71.9 Å². The van der Waals surface area contributed by atoms with Crippen LogP contribution in [0.1, 0.15) is 15.9 Å². The number of rotatable bonds is 8. The Kier molecular flexibility index (Phi) is 7.17. The highest BCUT2D eigenvalue weighted by Gasteiger charge is 2.11. The topological polar surface area (TPSA) is 80.5 Å². The Hall–Kier alpha value is -3.22. The Morgan fingerprint density at radius 2 is 1.83 bits per heavy atom. The molecule has 0 atom stereocenters. The van der Waals surface area contributed by atoms with Gasteiger partial charge in [-0.15, -0.1) is 0 Å². The van der Waals surface area contributed by atoms with E-state index in [1.165, 1.54) is 0 Å². The van der Waals surface area contributed by atoms with Crippen molar-refractivity contribution >= 4 is 11.7 Å². The van der Waals surface area contributed by atoms with E-state index in [0.717, 1.165) is 34.4 Å². The van der Waals surface area contributed by atoms with E-state index >= 15 is 0 Å². The Balaban J connectivity index is 1.87. The summed E-state index contributed by atoms with van der Waals surface area (Å²) in [6, 6.07) is 17.6. The molecule has 0 radical (unpaired) electrons. The van der Waals surface area contributed by atoms with Crippen molar-refractivity contribution in [1.29, 1.82) is 0 Å². The Labute approximate surface area is 177 Å². The molecule has 0 aliphatic carbocycles. The van der Waals surface area contributed by atoms with Crippen molar-refractivity contribution in [2.24, 2.45) is 0 Å². The lowest BCUT2D eigenvalue weighted by molar-refractivity contribution is 0.0951. The molecule has 0 bridgehead atoms. The maximum Gasteiger partial charge on any atom is 0.251 e. The molecule has 3 N–H and O–H groups in total. The number of benzene rings is 2. The third-order valence-corrected chi connectivity index (χ3v) is 4.77. The van der Waals surface area contributed by atoms with E-state index in [2.05, 4.69) is 16.4 Å². The number of pyridine rings is 1. The van der Waals surface area contributed by atoms with E-state index in [9.17, 15) is 4.79 Å². The van der Waals surface area contributed by atoms with E-state index in [4.69, 9.17) is 10.5 Å². The first-order chi connectivity index (χ1) is 14.5. The minimum absolute atomic E-state index is 0.0883. The van der Waals surface area contributed by atoms with Crippen molar-refractivity contribution in [3.63, 3.8) is 0 Å². The number of carbonyl (C=O) groups is 1. The summed E-state index contributed by atoms with van der Waals surface area (Å²) in [7, 11) is 5.62. The molecule has 6 heteroatoms. The molecule has 0 fully saturated rings. The van der Waals surface area contributed by atoms with Crippen molar-refractivity contribution in [2.75, 3.05) is 40.0 Å². The third-order valence-electron chi connectivity index (χ3n) is 4.77. The van der Waals surface area contributed by atoms with Gasteiger partial charge in [-0.2, -0.15) is 0 Å². The fourth-order valence-electron chi connectivity index (χ4n) is 3.19. The number of nitrogen functional groups attached to an aromatic ring is 1. The van der Waals surface area contributed by atoms with Gasteiger partial charge in [-0.25, -0.2) is 4.98 Å². The Morgan fingerprint density at radius 1 is 1.07 bits per heavy atom. The highest BCUT2D eigenvalue weighted by molar-refractivity contribution is 5.95. The number of amides is 1. The van der Waals surface area contributed by atoms with E-state index in [0.29, 0.717) is 24.5 Å². The normalized spacial score (nSPS) is 10.9. The van der Waals surface area contributed by atoms with Crippen LogP contribution >= 0.6 is 0 Å². The quantitative estimate of drug-likeness (QED) is 0.601. The van der Waals surface area contributed by atoms with Gasteiger partial charge in [0, 0.05) is 43.1 Å². The molecule has 0 spiro atoms. The van der Waals surface area contributed by atoms with Crippen LogP contribution in [0.3, 0.4) is 0 Å². The van der Waals surface area contributed by atoms with Crippen LogP contribution in [0.4, 0.5) is 5.82 Å². The van der Waals surface area contributed by atoms with Crippen LogP contribution < -0.4 is 11.1 Å². The second-order valence-corrected chi connectivity index (χ2v) is 7.43. The van der Waals surface area contributed by atoms with E-state index in [-0.39, 0.29) is 5.91 Å². The van der Waals surface area contributed by atoms with Gasteiger partial charge in [0.2, 0.25) is 0 Å². The fraction of sp³-hybridized carbons (Fsp3) is 0.250. The summed E-state index contributed by atoms with van der Waals surface area (Å²) >= 11 is 0. The zero-order chi connectivity index (χ0) is 21.5. The van der Waals surface area contributed by atoms with Gasteiger partial charge in [-0.1, -0.05) is 30.3 Å². The summed E-state index contributed by atoms with van der Waals surface area (Å²) in [5.41, 5.74) is 11.5. The largest absolute Gasteiger partial charge is 0.383 e. The van der Waals surface area contributed by atoms with Crippen LogP contribution in [0.2, 0.25) is 0 Å². The lowest BCUT2D eigenvalue weighted by atomic mass is 9.98. The number of methoxy groups -OCH3 is 1. The number of carbonyl (C=O) groups excluding carboxylic acids is 1. The molecular formula is C24H28N4O2. The molecule has 6 nitrogen and oxygen atoms in total. The van der Waals surface area contributed by atoms with E-state index < -0.39 is 0 Å². The second-order valence-electron chi connectivity index (χ2n) is 7.43. The summed E-state index contributed by atoms with van der Waals surface area (Å²) in [6.07, 6.45) is 1.74. The van der Waals surface area contributed by atoms with Gasteiger partial charge in [0.05, 0.1) is 6.61 Å². The van der Waals surface area contributed by atoms with Crippen molar-refractivity contribution < 1.29 is 9.53 Å². The SMILES string of the molecule is COCc1cccc(-c2cc(-c3cccc(C(=O)NCCN(C)C)c3)cnc2N)c1. The van der Waals surface area contributed by atoms with Crippen molar-refractivity contribution in [1.82, 2.24) is 15.2 Å². The lowest BCUT2D eigenvalue weighted by Gasteiger charge is -2.12. The first-order valence-electron chi connectivity index (χ1n) is 9.85. The lowest BCUT2D eigenvalue weighted by Crippen LogP contribution is -2.31. The number of hydrogen-bond acceptors (Lipinski definition) is 5. The number of hydrogen-bond donors (Lipinski definition) is 2. The fourth-order valence-corrected chi connectivity index (χ4v) is 3.19. The highest BCUT2D eigenvalue weighted by atomic mass is 16.5. The molecule has 156 valence electrons. The number of likely N-dealkylation sites (N-methyl/N-ethyl adjacent to an activating group) is 1. The van der Waals surface area contributed by atoms with Gasteiger partial charge in [-0.3, -0.25) is 4.79 Å². The molecule has 2 aromatic carbocycles. The average Bonchev–Trinajstić information content (AvgIpc) is 2.74. The molecule has 0 aliphatic rings. The van der Waals surface area contributed by atoms with Gasteiger partial charge in [-0.05, 0) is 55.1 Å². The maximum atomic E-state index is 12.5. The molecule has 0 saturated carbocycles. The first-order valence-corrected chi connectivity index (χ1v) is 9.85. The molecule has 3 rings (SSSR count). The van der Waals surface area contributed by atoms with Crippen LogP contribution in [0.15, 0.2) is 60.8 Å². The molecule has 30 heavy (non-hydrogen) atoms. The number of anilines is 1. The summed E-state index contributed by atoms with van der Waals surface area (Å²) in [6.45, 7) is 1.92. The van der Waals surface area contributed by atoms with Crippen LogP contribution in [0, 0.1) is 0 Å². The van der Waals surface area contributed by atoms with Crippen LogP contribution in [-0.4, -0.2) is 50.1 Å². The van der Waals surface area contributed by atoms with Gasteiger partial charge >= 0.3 is 0 Å². The molecule has 1 heterocycles. The van der Waals surface area contributed by atoms with Gasteiger partial charge in [0.1, 0.15) is 5.82 Å². The summed E-state index contributed by atoms with van der Waals surface area (Å²) in [5, 5.41) is 2.95. The molecule has 3 aromatic rings. The Morgan fingerprint density at radius 3 is 2.60 bits per heavy atom. The molecule has 1 aromatic heterocycles. The van der Waals surface area contributed by atoms with Gasteiger partial charge < -0.3 is 20.7 Å². The van der Waals surface area contributed by atoms with E-state index in [1.54, 1.807) is 13.3 Å². The second kappa shape index (κ2) is 10.0. The van der Waals surface area contributed by atoms with Crippen molar-refractivity contribution in [3.8, 4) is 22.3 Å². The standard InChI is InChI=1S/C24H28N4O2/c1-28(2)11-10-26-24(29)20-9-5-7-18(13-20)21-14-22(23(25)27-15-21)19-8-4-6-17(12-19)16-30-3/h4-9,12-15H,10-11,16H2,1-3H3,(H2,25,27)(H,26,29). The molecule has 0 saturated heterocycles. The van der Waals surface area contributed by atoms with Gasteiger partial charge in [0.15, 0.2) is 0 Å². The minimum Gasteiger partial charge on any atom is -0.383 e. The van der Waals surface area contributed by atoms with Gasteiger partial charge in [0.25, 0.3) is 5.91 Å². The Bertz CT molecular complexity index is 1020. The zero-order valence-electron chi connectivity index (χ0n) is 17.7. The number of aromatic nitrogens is 1. The van der Waals surface area contributed by atoms with Crippen molar-refractivity contribution in [2.45, 2.75) is 6.61 Å². The summed E-state index contributed by atoms with van der Waals surface area (Å²) in [4.78, 5) is 18.9. The predicted octanol–water partition coefficient (Wildman–Crippen LogP) is 3.44. The molecule has 0 aliphatic heterocycles. The number of ether oxygens (including phenoxy) is 1. The highest BCUT2D eigenvalue weighted by Crippen LogP contribution is 2.30. The average molecular weight is 405 g/mol. The monoisotopic (exact) mass is 404 g/mol. The number of nitrogens with two attached hydrogens (primary N) is 1. The molecule has 1 amide bonds. The number of nitrogens with zero attached hydrogens (tertiary/aromatic N) is 2. The smallest absolute Gasteiger partial charge is 0.251 e. The number of nitrogens with one attached hydrogen (secondary N) is 1.